The summed E-state index contributed by atoms with van der Waals surface area (Å²) in [4.78, 5) is 26.4. The number of hydrogen-bond donors (Lipinski definition) is 1. The Labute approximate surface area is 223 Å². The van der Waals surface area contributed by atoms with E-state index in [0.717, 1.165) is 11.1 Å². The van der Waals surface area contributed by atoms with Crippen LogP contribution in [0.1, 0.15) is 39.9 Å². The van der Waals surface area contributed by atoms with Crippen LogP contribution in [0.4, 0.5) is 0 Å². The third kappa shape index (κ3) is 4.07. The Kier molecular flexibility index (Phi) is 6.56. The average molecular weight is 541 g/mol. The molecule has 0 bridgehead atoms. The number of rotatable bonds is 5. The predicted octanol–water partition coefficient (Wildman–Crippen LogP) is 6.97. The molecular weight excluding hydrogens is 521 g/mol. The van der Waals surface area contributed by atoms with E-state index in [9.17, 15) is 9.59 Å². The van der Waals surface area contributed by atoms with Gasteiger partial charge in [0.1, 0.15) is 6.61 Å². The van der Waals surface area contributed by atoms with Gasteiger partial charge in [-0.05, 0) is 30.7 Å². The van der Waals surface area contributed by atoms with Crippen molar-refractivity contribution in [2.75, 3.05) is 7.11 Å². The van der Waals surface area contributed by atoms with E-state index >= 15 is 0 Å². The Hall–Kier alpha value is -3.25. The molecule has 0 spiro atoms. The zero-order chi connectivity index (χ0) is 25.6. The van der Waals surface area contributed by atoms with Gasteiger partial charge >= 0.3 is 5.97 Å². The Morgan fingerprint density at radius 2 is 1.58 bits per heavy atom. The van der Waals surface area contributed by atoms with Gasteiger partial charge in [0.05, 0.1) is 28.4 Å². The Morgan fingerprint density at radius 3 is 2.25 bits per heavy atom. The van der Waals surface area contributed by atoms with Crippen LogP contribution in [-0.4, -0.2) is 18.9 Å². The van der Waals surface area contributed by atoms with Gasteiger partial charge in [0.2, 0.25) is 0 Å². The molecule has 8 heteroatoms. The number of fused-ring (bicyclic) bond motifs is 2. The number of methoxy groups -OCH3 is 1. The van der Waals surface area contributed by atoms with Gasteiger partial charge < -0.3 is 14.8 Å². The Morgan fingerprint density at radius 1 is 0.944 bits per heavy atom. The van der Waals surface area contributed by atoms with Gasteiger partial charge in [0.15, 0.2) is 11.5 Å². The molecule has 1 heterocycles. The molecule has 2 aliphatic rings. The molecule has 0 fully saturated rings. The molecule has 1 aliphatic carbocycles. The van der Waals surface area contributed by atoms with Crippen molar-refractivity contribution >= 4 is 52.3 Å². The van der Waals surface area contributed by atoms with Crippen molar-refractivity contribution in [1.29, 1.82) is 0 Å². The number of hydrogen-bond acceptors (Lipinski definition) is 5. The van der Waals surface area contributed by atoms with E-state index in [-0.39, 0.29) is 28.2 Å². The summed E-state index contributed by atoms with van der Waals surface area (Å²) < 4.78 is 11.0. The fourth-order valence-corrected chi connectivity index (χ4v) is 5.50. The number of allylic oxidation sites excluding steroid dienone is 2. The highest BCUT2D eigenvalue weighted by Gasteiger charge is 2.43. The van der Waals surface area contributed by atoms with Crippen molar-refractivity contribution in [3.05, 3.63) is 115 Å². The number of dihydropyridines is 1. The molecular formula is C28H20Cl3NO4. The monoisotopic (exact) mass is 539 g/mol. The van der Waals surface area contributed by atoms with Gasteiger partial charge in [-0.2, -0.15) is 0 Å². The first-order valence-corrected chi connectivity index (χ1v) is 12.2. The maximum Gasteiger partial charge on any atom is 0.336 e. The fourth-order valence-electron chi connectivity index (χ4n) is 4.69. The highest BCUT2D eigenvalue weighted by Crippen LogP contribution is 2.48. The molecule has 5 nitrogen and oxygen atoms in total. The number of ketones is 1. The molecule has 0 saturated heterocycles. The number of esters is 1. The number of nitrogens with one attached hydrogen (secondary N) is 1. The molecule has 182 valence electrons. The number of carbonyl (C=O) groups is 2. The number of halogens is 3. The molecule has 1 N–H and O–H groups in total. The summed E-state index contributed by atoms with van der Waals surface area (Å²) in [6, 6.07) is 18.0. The van der Waals surface area contributed by atoms with Gasteiger partial charge in [0.25, 0.3) is 0 Å². The lowest BCUT2D eigenvalue weighted by molar-refractivity contribution is -0.136. The number of ether oxygens (including phenoxy) is 2. The van der Waals surface area contributed by atoms with Gasteiger partial charge in [-0.1, -0.05) is 77.3 Å². The van der Waals surface area contributed by atoms with Crippen LogP contribution >= 0.6 is 34.8 Å². The van der Waals surface area contributed by atoms with Crippen LogP contribution in [0.3, 0.4) is 0 Å². The second-order valence-corrected chi connectivity index (χ2v) is 9.67. The van der Waals surface area contributed by atoms with Gasteiger partial charge in [0, 0.05) is 38.9 Å². The maximum absolute atomic E-state index is 13.5. The van der Waals surface area contributed by atoms with Crippen molar-refractivity contribution < 1.29 is 19.1 Å². The Bertz CT molecular complexity index is 1470. The van der Waals surface area contributed by atoms with Gasteiger partial charge in [-0.15, -0.1) is 0 Å². The first-order chi connectivity index (χ1) is 17.3. The summed E-state index contributed by atoms with van der Waals surface area (Å²) in [5, 5.41) is 4.31. The molecule has 3 aromatic carbocycles. The minimum atomic E-state index is -0.735. The minimum absolute atomic E-state index is 0.168. The van der Waals surface area contributed by atoms with E-state index in [4.69, 9.17) is 44.3 Å². The van der Waals surface area contributed by atoms with E-state index in [1.54, 1.807) is 31.2 Å². The predicted molar refractivity (Wildman–Crippen MR) is 141 cm³/mol. The molecule has 0 saturated carbocycles. The summed E-state index contributed by atoms with van der Waals surface area (Å²) in [7, 11) is 1.31. The average Bonchev–Trinajstić information content (AvgIpc) is 3.14. The number of benzene rings is 3. The second kappa shape index (κ2) is 9.66. The lowest BCUT2D eigenvalue weighted by Gasteiger charge is -2.29. The zero-order valence-electron chi connectivity index (χ0n) is 19.3. The van der Waals surface area contributed by atoms with Crippen LogP contribution in [0, 0.1) is 0 Å². The normalized spacial score (nSPS) is 16.5. The van der Waals surface area contributed by atoms with E-state index in [1.165, 1.54) is 7.11 Å². The van der Waals surface area contributed by atoms with Crippen LogP contribution < -0.4 is 10.1 Å². The first-order valence-electron chi connectivity index (χ1n) is 11.1. The lowest BCUT2D eigenvalue weighted by atomic mass is 9.80. The standard InChI is InChI=1S/C28H20Cl3NO4/c1-14-22(28(34)35-2)23(24-25(32-14)17-8-4-5-9-18(17)26(24)33)16-11-20(30)27(21(31)12-16)36-13-15-7-3-6-10-19(15)29/h3-12,23,32H,13H2,1-2H3/t23-/m0/s1. The molecule has 0 radical (unpaired) electrons. The van der Waals surface area contributed by atoms with Crippen molar-refractivity contribution in [3.8, 4) is 5.75 Å². The third-order valence-electron chi connectivity index (χ3n) is 6.34. The number of carbonyl (C=O) groups excluding carboxylic acids is 2. The van der Waals surface area contributed by atoms with Crippen LogP contribution in [0.25, 0.3) is 5.70 Å². The molecule has 0 unspecified atom stereocenters. The van der Waals surface area contributed by atoms with Crippen molar-refractivity contribution in [2.24, 2.45) is 0 Å². The van der Waals surface area contributed by atoms with E-state index in [1.807, 2.05) is 36.4 Å². The third-order valence-corrected chi connectivity index (χ3v) is 7.27. The lowest BCUT2D eigenvalue weighted by Crippen LogP contribution is -2.29. The summed E-state index contributed by atoms with van der Waals surface area (Å²) in [5.74, 6) is -1.17. The largest absolute Gasteiger partial charge is 0.486 e. The molecule has 3 aromatic rings. The first kappa shape index (κ1) is 24.4. The smallest absolute Gasteiger partial charge is 0.336 e. The maximum atomic E-state index is 13.5. The highest BCUT2D eigenvalue weighted by molar-refractivity contribution is 6.37. The highest BCUT2D eigenvalue weighted by atomic mass is 35.5. The van der Waals surface area contributed by atoms with Crippen LogP contribution in [0.5, 0.6) is 5.75 Å². The summed E-state index contributed by atoms with van der Waals surface area (Å²) in [6.45, 7) is 1.94. The van der Waals surface area contributed by atoms with Crippen LogP contribution in [-0.2, 0) is 16.1 Å². The van der Waals surface area contributed by atoms with Crippen molar-refractivity contribution in [1.82, 2.24) is 5.32 Å². The van der Waals surface area contributed by atoms with Gasteiger partial charge in [-0.25, -0.2) is 4.79 Å². The second-order valence-electron chi connectivity index (χ2n) is 8.45. The molecule has 36 heavy (non-hydrogen) atoms. The minimum Gasteiger partial charge on any atom is -0.486 e. The van der Waals surface area contributed by atoms with E-state index in [2.05, 4.69) is 5.32 Å². The summed E-state index contributed by atoms with van der Waals surface area (Å²) in [6.07, 6.45) is 0. The number of Topliss-reactive ketones (excluding diaryl/α,β-unsaturated/α-hetero) is 1. The Balaban J connectivity index is 1.59. The molecule has 5 rings (SSSR count). The molecule has 1 aliphatic heterocycles. The SMILES string of the molecule is COC(=O)C1=C(C)NC2=C(C(=O)c3ccccc32)[C@H]1c1cc(Cl)c(OCc2ccccc2Cl)c(Cl)c1. The summed E-state index contributed by atoms with van der Waals surface area (Å²) in [5.41, 5.74) is 4.71. The van der Waals surface area contributed by atoms with E-state index < -0.39 is 11.9 Å². The zero-order valence-corrected chi connectivity index (χ0v) is 21.6. The van der Waals surface area contributed by atoms with Crippen LogP contribution in [0.15, 0.2) is 77.5 Å². The van der Waals surface area contributed by atoms with Gasteiger partial charge in [-0.3, -0.25) is 4.79 Å². The fraction of sp³-hybridized carbons (Fsp3) is 0.143. The summed E-state index contributed by atoms with van der Waals surface area (Å²) >= 11 is 19.5. The quantitative estimate of drug-likeness (QED) is 0.354. The molecule has 0 amide bonds. The molecule has 0 aromatic heterocycles. The van der Waals surface area contributed by atoms with Crippen LogP contribution in [0.2, 0.25) is 15.1 Å². The van der Waals surface area contributed by atoms with Crippen molar-refractivity contribution in [2.45, 2.75) is 19.4 Å². The topological polar surface area (TPSA) is 64.6 Å². The van der Waals surface area contributed by atoms with E-state index in [0.29, 0.717) is 38.7 Å². The van der Waals surface area contributed by atoms with Crippen molar-refractivity contribution in [3.63, 3.8) is 0 Å². The molecule has 1 atom stereocenters.